The Balaban J connectivity index is 2.66. The van der Waals surface area contributed by atoms with E-state index in [0.29, 0.717) is 17.7 Å². The summed E-state index contributed by atoms with van der Waals surface area (Å²) < 4.78 is 0. The van der Waals surface area contributed by atoms with Gasteiger partial charge in [0.25, 0.3) is 0 Å². The molecule has 0 fully saturated rings. The average molecular weight is 252 g/mol. The van der Waals surface area contributed by atoms with Crippen LogP contribution in [0.15, 0.2) is 12.1 Å². The molecular formula is C13H20N2O3. The van der Waals surface area contributed by atoms with Crippen LogP contribution in [0.3, 0.4) is 0 Å². The highest BCUT2D eigenvalue weighted by Gasteiger charge is 2.13. The Labute approximate surface area is 107 Å². The van der Waals surface area contributed by atoms with Crippen molar-refractivity contribution in [3.05, 3.63) is 23.3 Å². The summed E-state index contributed by atoms with van der Waals surface area (Å²) in [7, 11) is 0. The van der Waals surface area contributed by atoms with Gasteiger partial charge in [-0.25, -0.2) is 5.43 Å². The largest absolute Gasteiger partial charge is 0.508 e. The summed E-state index contributed by atoms with van der Waals surface area (Å²) in [6, 6.07) is 2.81. The molecule has 1 aromatic carbocycles. The summed E-state index contributed by atoms with van der Waals surface area (Å²) in [5.41, 5.74) is 7.07. The number of nitrogens with one attached hydrogen (secondary N) is 2. The van der Waals surface area contributed by atoms with Gasteiger partial charge in [0.2, 0.25) is 0 Å². The van der Waals surface area contributed by atoms with Crippen molar-refractivity contribution in [1.82, 2.24) is 10.9 Å². The van der Waals surface area contributed by atoms with Crippen LogP contribution in [0.5, 0.6) is 11.5 Å². The van der Waals surface area contributed by atoms with E-state index in [1.807, 2.05) is 6.92 Å². The maximum Gasteiger partial charge on any atom is 0.137 e. The number of benzene rings is 1. The molecule has 2 atom stereocenters. The standard InChI is InChI=1S/C13H20N2O3/c1-8-4-11(17)5-12(13(8)18)9(2)6-14-15-10(3)7-16/h4-5,7,9-10,14-15,17-18H,6H2,1-3H3. The first kappa shape index (κ1) is 14.5. The highest BCUT2D eigenvalue weighted by Crippen LogP contribution is 2.32. The number of carbonyl (C=O) groups is 1. The Morgan fingerprint density at radius 3 is 2.61 bits per heavy atom. The summed E-state index contributed by atoms with van der Waals surface area (Å²) in [4.78, 5) is 10.4. The lowest BCUT2D eigenvalue weighted by atomic mass is 9.97. The predicted octanol–water partition coefficient (Wildman–Crippen LogP) is 1.19. The second-order valence-corrected chi connectivity index (χ2v) is 4.55. The Morgan fingerprint density at radius 2 is 2.00 bits per heavy atom. The highest BCUT2D eigenvalue weighted by molar-refractivity contribution is 5.56. The van der Waals surface area contributed by atoms with E-state index < -0.39 is 0 Å². The Bertz CT molecular complexity index is 421. The van der Waals surface area contributed by atoms with Crippen LogP contribution >= 0.6 is 0 Å². The molecule has 0 aliphatic carbocycles. The van der Waals surface area contributed by atoms with Gasteiger partial charge in [-0.3, -0.25) is 5.43 Å². The van der Waals surface area contributed by atoms with Crippen LogP contribution in [0.25, 0.3) is 0 Å². The molecule has 5 heteroatoms. The van der Waals surface area contributed by atoms with Crippen LogP contribution in [0.2, 0.25) is 0 Å². The van der Waals surface area contributed by atoms with Crippen molar-refractivity contribution in [2.45, 2.75) is 32.7 Å². The van der Waals surface area contributed by atoms with Crippen LogP contribution in [-0.2, 0) is 4.79 Å². The number of aryl methyl sites for hydroxylation is 1. The monoisotopic (exact) mass is 252 g/mol. The third-order valence-corrected chi connectivity index (χ3v) is 2.79. The molecule has 1 rings (SSSR count). The first-order chi connectivity index (χ1) is 8.45. The number of aromatic hydroxyl groups is 2. The van der Waals surface area contributed by atoms with Gasteiger partial charge in [0, 0.05) is 12.1 Å². The minimum absolute atomic E-state index is 0.00199. The highest BCUT2D eigenvalue weighted by atomic mass is 16.3. The summed E-state index contributed by atoms with van der Waals surface area (Å²) >= 11 is 0. The third-order valence-electron chi connectivity index (χ3n) is 2.79. The zero-order chi connectivity index (χ0) is 13.7. The molecule has 0 aliphatic rings. The van der Waals surface area contributed by atoms with Crippen molar-refractivity contribution < 1.29 is 15.0 Å². The zero-order valence-corrected chi connectivity index (χ0v) is 10.9. The van der Waals surface area contributed by atoms with Gasteiger partial charge in [-0.2, -0.15) is 0 Å². The number of phenols is 2. The number of hydrogen-bond acceptors (Lipinski definition) is 5. The molecule has 0 radical (unpaired) electrons. The molecule has 0 amide bonds. The lowest BCUT2D eigenvalue weighted by Gasteiger charge is -2.17. The molecule has 100 valence electrons. The topological polar surface area (TPSA) is 81.6 Å². The first-order valence-electron chi connectivity index (χ1n) is 5.91. The molecule has 5 nitrogen and oxygen atoms in total. The Morgan fingerprint density at radius 1 is 1.33 bits per heavy atom. The summed E-state index contributed by atoms with van der Waals surface area (Å²) in [6.07, 6.45) is 0.799. The molecule has 0 heterocycles. The number of hydrazine groups is 1. The van der Waals surface area contributed by atoms with Crippen LogP contribution in [-0.4, -0.2) is 29.1 Å². The van der Waals surface area contributed by atoms with Crippen LogP contribution in [0, 0.1) is 6.92 Å². The van der Waals surface area contributed by atoms with Crippen molar-refractivity contribution in [1.29, 1.82) is 0 Å². The number of aldehydes is 1. The number of phenolic OH excluding ortho intramolecular Hbond substituents is 2. The average Bonchev–Trinajstić information content (AvgIpc) is 2.33. The van der Waals surface area contributed by atoms with Crippen molar-refractivity contribution in [3.63, 3.8) is 0 Å². The molecule has 0 aromatic heterocycles. The molecule has 0 bridgehead atoms. The fourth-order valence-electron chi connectivity index (χ4n) is 1.68. The minimum Gasteiger partial charge on any atom is -0.508 e. The lowest BCUT2D eigenvalue weighted by Crippen LogP contribution is -2.41. The quantitative estimate of drug-likeness (QED) is 0.347. The van der Waals surface area contributed by atoms with Crippen LogP contribution in [0.4, 0.5) is 0 Å². The predicted molar refractivity (Wildman–Crippen MR) is 69.6 cm³/mol. The number of rotatable bonds is 6. The van der Waals surface area contributed by atoms with E-state index in [-0.39, 0.29) is 23.5 Å². The first-order valence-corrected chi connectivity index (χ1v) is 5.91. The molecular weight excluding hydrogens is 232 g/mol. The zero-order valence-electron chi connectivity index (χ0n) is 10.9. The Hall–Kier alpha value is -1.59. The van der Waals surface area contributed by atoms with E-state index in [2.05, 4.69) is 10.9 Å². The van der Waals surface area contributed by atoms with E-state index in [1.54, 1.807) is 19.9 Å². The van der Waals surface area contributed by atoms with Gasteiger partial charge in [0.05, 0.1) is 6.04 Å². The van der Waals surface area contributed by atoms with Crippen molar-refractivity contribution >= 4 is 6.29 Å². The van der Waals surface area contributed by atoms with Gasteiger partial charge < -0.3 is 15.0 Å². The Kier molecular flexibility index (Phi) is 5.12. The minimum atomic E-state index is -0.267. The molecule has 0 aliphatic heterocycles. The van der Waals surface area contributed by atoms with Crippen LogP contribution < -0.4 is 10.9 Å². The SMILES string of the molecule is Cc1cc(O)cc(C(C)CNNC(C)C=O)c1O. The van der Waals surface area contributed by atoms with E-state index in [9.17, 15) is 15.0 Å². The summed E-state index contributed by atoms with van der Waals surface area (Å²) in [5.74, 6) is 0.342. The molecule has 0 spiro atoms. The van der Waals surface area contributed by atoms with Crippen molar-refractivity contribution in [2.24, 2.45) is 0 Å². The number of carbonyl (C=O) groups excluding carboxylic acids is 1. The van der Waals surface area contributed by atoms with Gasteiger partial charge in [-0.1, -0.05) is 6.92 Å². The van der Waals surface area contributed by atoms with Gasteiger partial charge in [-0.05, 0) is 37.5 Å². The summed E-state index contributed by atoms with van der Waals surface area (Å²) in [6.45, 7) is 5.94. The van der Waals surface area contributed by atoms with Gasteiger partial charge in [-0.15, -0.1) is 0 Å². The van der Waals surface area contributed by atoms with E-state index in [4.69, 9.17) is 0 Å². The normalized spacial score (nSPS) is 14.2. The molecule has 2 unspecified atom stereocenters. The van der Waals surface area contributed by atoms with E-state index in [1.165, 1.54) is 6.07 Å². The van der Waals surface area contributed by atoms with Gasteiger partial charge >= 0.3 is 0 Å². The fraction of sp³-hybridized carbons (Fsp3) is 0.462. The molecule has 4 N–H and O–H groups in total. The van der Waals surface area contributed by atoms with Gasteiger partial charge in [0.15, 0.2) is 0 Å². The number of hydrogen-bond donors (Lipinski definition) is 4. The smallest absolute Gasteiger partial charge is 0.137 e. The maximum atomic E-state index is 10.4. The second-order valence-electron chi connectivity index (χ2n) is 4.55. The summed E-state index contributed by atoms with van der Waals surface area (Å²) in [5, 5.41) is 19.5. The van der Waals surface area contributed by atoms with E-state index in [0.717, 1.165) is 6.29 Å². The van der Waals surface area contributed by atoms with Crippen molar-refractivity contribution in [3.8, 4) is 11.5 Å². The molecule has 1 aromatic rings. The van der Waals surface area contributed by atoms with Crippen molar-refractivity contribution in [2.75, 3.05) is 6.54 Å². The fourth-order valence-corrected chi connectivity index (χ4v) is 1.68. The maximum absolute atomic E-state index is 10.4. The molecule has 18 heavy (non-hydrogen) atoms. The van der Waals surface area contributed by atoms with Crippen LogP contribution in [0.1, 0.15) is 30.9 Å². The molecule has 0 saturated carbocycles. The lowest BCUT2D eigenvalue weighted by molar-refractivity contribution is -0.109. The molecule has 0 saturated heterocycles. The van der Waals surface area contributed by atoms with Gasteiger partial charge in [0.1, 0.15) is 17.8 Å². The van der Waals surface area contributed by atoms with E-state index >= 15 is 0 Å². The third kappa shape index (κ3) is 3.72. The second kappa shape index (κ2) is 6.37.